The number of nitriles is 1. The molecule has 2 aromatic carbocycles. The summed E-state index contributed by atoms with van der Waals surface area (Å²) in [5.74, 6) is 0. The van der Waals surface area contributed by atoms with Crippen LogP contribution in [0.1, 0.15) is 21.9 Å². The van der Waals surface area contributed by atoms with Crippen LogP contribution in [0.5, 0.6) is 0 Å². The molecule has 3 aromatic rings. The molecule has 2 atom stereocenters. The first kappa shape index (κ1) is 19.7. The minimum atomic E-state index is 0.0217. The Bertz CT molecular complexity index is 959. The van der Waals surface area contributed by atoms with Gasteiger partial charge in [0.1, 0.15) is 11.1 Å². The molecule has 1 aliphatic rings. The molecular weight excluding hydrogens is 378 g/mol. The number of pyridine rings is 1. The van der Waals surface area contributed by atoms with E-state index in [1.165, 1.54) is 11.1 Å². The number of hydrogen-bond donors (Lipinski definition) is 0. The average molecular weight is 402 g/mol. The van der Waals surface area contributed by atoms with E-state index in [1.807, 2.05) is 18.2 Å². The van der Waals surface area contributed by atoms with Crippen LogP contribution in [0.15, 0.2) is 84.0 Å². The molecule has 0 radical (unpaired) electrons. The Kier molecular flexibility index (Phi) is 6.58. The van der Waals surface area contributed by atoms with Crippen LogP contribution < -0.4 is 0 Å². The number of ether oxygens (including phenoxy) is 1. The van der Waals surface area contributed by atoms with E-state index in [0.717, 1.165) is 24.7 Å². The van der Waals surface area contributed by atoms with Crippen LogP contribution in [-0.2, 0) is 11.3 Å². The van der Waals surface area contributed by atoms with E-state index >= 15 is 0 Å². The Morgan fingerprint density at radius 2 is 1.83 bits per heavy atom. The highest BCUT2D eigenvalue weighted by Gasteiger charge is 2.31. The van der Waals surface area contributed by atoms with E-state index in [9.17, 15) is 5.26 Å². The lowest BCUT2D eigenvalue weighted by Crippen LogP contribution is -2.44. The van der Waals surface area contributed by atoms with Gasteiger partial charge in [-0.15, -0.1) is 0 Å². The van der Waals surface area contributed by atoms with E-state index in [4.69, 9.17) is 4.74 Å². The average Bonchev–Trinajstić information content (AvgIpc) is 2.79. The van der Waals surface area contributed by atoms with Gasteiger partial charge in [-0.1, -0.05) is 72.4 Å². The van der Waals surface area contributed by atoms with Crippen LogP contribution in [0.2, 0.25) is 0 Å². The lowest BCUT2D eigenvalue weighted by molar-refractivity contribution is -0.0320. The van der Waals surface area contributed by atoms with Crippen molar-refractivity contribution >= 4 is 11.8 Å². The molecule has 4 nitrogen and oxygen atoms in total. The maximum Gasteiger partial charge on any atom is 0.114 e. The van der Waals surface area contributed by atoms with Crippen molar-refractivity contribution in [2.45, 2.75) is 22.9 Å². The second-order valence-electron chi connectivity index (χ2n) is 7.05. The van der Waals surface area contributed by atoms with E-state index in [-0.39, 0.29) is 11.4 Å². The minimum absolute atomic E-state index is 0.0217. The van der Waals surface area contributed by atoms with Crippen molar-refractivity contribution in [2.75, 3.05) is 19.7 Å². The largest absolute Gasteiger partial charge is 0.374 e. The van der Waals surface area contributed by atoms with Crippen molar-refractivity contribution < 1.29 is 4.74 Å². The van der Waals surface area contributed by atoms with Gasteiger partial charge in [0.15, 0.2) is 0 Å². The van der Waals surface area contributed by atoms with Crippen molar-refractivity contribution in [3.8, 4) is 6.07 Å². The van der Waals surface area contributed by atoms with Crippen LogP contribution in [0.3, 0.4) is 0 Å². The van der Waals surface area contributed by atoms with Crippen molar-refractivity contribution in [3.05, 3.63) is 95.7 Å². The number of thioether (sulfide) groups is 1. The predicted molar refractivity (Wildman–Crippen MR) is 115 cm³/mol. The monoisotopic (exact) mass is 401 g/mol. The second-order valence-corrected chi connectivity index (χ2v) is 8.18. The molecule has 29 heavy (non-hydrogen) atoms. The second kappa shape index (κ2) is 9.71. The van der Waals surface area contributed by atoms with E-state index < -0.39 is 0 Å². The maximum atomic E-state index is 9.48. The van der Waals surface area contributed by atoms with Crippen LogP contribution in [-0.4, -0.2) is 35.7 Å². The number of benzene rings is 2. The smallest absolute Gasteiger partial charge is 0.114 e. The lowest BCUT2D eigenvalue weighted by Gasteiger charge is -2.37. The maximum absolute atomic E-state index is 9.48. The molecular formula is C24H23N3OS. The lowest BCUT2D eigenvalue weighted by atomic mass is 10.1. The van der Waals surface area contributed by atoms with E-state index in [0.29, 0.717) is 12.2 Å². The molecule has 2 heterocycles. The summed E-state index contributed by atoms with van der Waals surface area (Å²) in [5, 5.41) is 10.3. The zero-order chi connectivity index (χ0) is 19.9. The van der Waals surface area contributed by atoms with E-state index in [2.05, 4.69) is 64.5 Å². The molecule has 5 heteroatoms. The third kappa shape index (κ3) is 5.04. The zero-order valence-corrected chi connectivity index (χ0v) is 17.0. The van der Waals surface area contributed by atoms with Gasteiger partial charge in [-0.25, -0.2) is 4.98 Å². The first-order valence-electron chi connectivity index (χ1n) is 9.78. The van der Waals surface area contributed by atoms with Gasteiger partial charge in [-0.05, 0) is 23.3 Å². The van der Waals surface area contributed by atoms with Gasteiger partial charge in [0.2, 0.25) is 0 Å². The predicted octanol–water partition coefficient (Wildman–Crippen LogP) is 4.69. The quantitative estimate of drug-likeness (QED) is 0.561. The fourth-order valence-corrected chi connectivity index (χ4v) is 4.80. The molecule has 0 aliphatic carbocycles. The van der Waals surface area contributed by atoms with Crippen LogP contribution in [0, 0.1) is 11.3 Å². The number of rotatable bonds is 6. The molecule has 1 aliphatic heterocycles. The van der Waals surface area contributed by atoms with Gasteiger partial charge >= 0.3 is 0 Å². The van der Waals surface area contributed by atoms with E-state index in [1.54, 1.807) is 24.0 Å². The molecule has 1 fully saturated rings. The summed E-state index contributed by atoms with van der Waals surface area (Å²) >= 11 is 1.62. The highest BCUT2D eigenvalue weighted by Crippen LogP contribution is 2.40. The third-order valence-electron chi connectivity index (χ3n) is 5.02. The molecule has 1 unspecified atom stereocenters. The summed E-state index contributed by atoms with van der Waals surface area (Å²) in [6.45, 7) is 3.38. The Labute approximate surface area is 176 Å². The van der Waals surface area contributed by atoms with Gasteiger partial charge in [0, 0.05) is 25.8 Å². The Morgan fingerprint density at radius 3 is 2.59 bits per heavy atom. The van der Waals surface area contributed by atoms with Gasteiger partial charge in [0.25, 0.3) is 0 Å². The highest BCUT2D eigenvalue weighted by molar-refractivity contribution is 7.99. The summed E-state index contributed by atoms with van der Waals surface area (Å²) in [7, 11) is 0. The first-order valence-corrected chi connectivity index (χ1v) is 10.7. The summed E-state index contributed by atoms with van der Waals surface area (Å²) in [4.78, 5) is 6.92. The SMILES string of the molecule is N#Cc1cccnc1SC(c1ccccc1)[C@@H]1CN(Cc2ccccc2)CCO1. The summed E-state index contributed by atoms with van der Waals surface area (Å²) < 4.78 is 6.23. The topological polar surface area (TPSA) is 49.2 Å². The number of aromatic nitrogens is 1. The zero-order valence-electron chi connectivity index (χ0n) is 16.1. The number of hydrogen-bond acceptors (Lipinski definition) is 5. The molecule has 1 aromatic heterocycles. The third-order valence-corrected chi connectivity index (χ3v) is 6.40. The number of morpholine rings is 1. The van der Waals surface area contributed by atoms with Crippen LogP contribution >= 0.6 is 11.8 Å². The van der Waals surface area contributed by atoms with Crippen molar-refractivity contribution in [1.82, 2.24) is 9.88 Å². The van der Waals surface area contributed by atoms with Crippen LogP contribution in [0.25, 0.3) is 0 Å². The molecule has 0 spiro atoms. The molecule has 0 N–H and O–H groups in total. The standard InChI is InChI=1S/C24H23N3OS/c25-16-21-12-7-13-26-24(21)29-23(20-10-5-2-6-11-20)22-18-27(14-15-28-22)17-19-8-3-1-4-9-19/h1-13,22-23H,14-15,17-18H2/t22-,23?/m0/s1. The first-order chi connectivity index (χ1) is 14.3. The Hall–Kier alpha value is -2.65. The Morgan fingerprint density at radius 1 is 1.07 bits per heavy atom. The molecule has 4 rings (SSSR count). The summed E-state index contributed by atoms with van der Waals surface area (Å²) in [6.07, 6.45) is 1.77. The molecule has 1 saturated heterocycles. The van der Waals surface area contributed by atoms with Crippen LogP contribution in [0.4, 0.5) is 0 Å². The van der Waals surface area contributed by atoms with Gasteiger partial charge in [0.05, 0.1) is 23.5 Å². The molecule has 0 bridgehead atoms. The molecule has 0 amide bonds. The van der Waals surface area contributed by atoms with Gasteiger partial charge < -0.3 is 4.74 Å². The fraction of sp³-hybridized carbons (Fsp3) is 0.250. The van der Waals surface area contributed by atoms with Gasteiger partial charge in [-0.3, -0.25) is 4.90 Å². The van der Waals surface area contributed by atoms with Crippen molar-refractivity contribution in [3.63, 3.8) is 0 Å². The normalized spacial score (nSPS) is 18.1. The summed E-state index contributed by atoms with van der Waals surface area (Å²) in [5.41, 5.74) is 3.11. The Balaban J connectivity index is 1.56. The molecule has 0 saturated carbocycles. The van der Waals surface area contributed by atoms with Crippen molar-refractivity contribution in [1.29, 1.82) is 5.26 Å². The number of nitrogens with zero attached hydrogens (tertiary/aromatic N) is 3. The fourth-order valence-electron chi connectivity index (χ4n) is 3.59. The van der Waals surface area contributed by atoms with Crippen molar-refractivity contribution in [2.24, 2.45) is 0 Å². The highest BCUT2D eigenvalue weighted by atomic mass is 32.2. The summed E-state index contributed by atoms with van der Waals surface area (Å²) in [6, 6.07) is 26.8. The molecule has 146 valence electrons. The minimum Gasteiger partial charge on any atom is -0.374 e. The van der Waals surface area contributed by atoms with Gasteiger partial charge in [-0.2, -0.15) is 5.26 Å².